The number of likely N-dealkylation sites (tertiary alicyclic amines) is 1. The number of anilines is 1. The van der Waals surface area contributed by atoms with Crippen molar-refractivity contribution in [3.8, 4) is 5.75 Å². The number of hydrogen-bond donors (Lipinski definition) is 2. The number of hydrogen-bond acceptors (Lipinski definition) is 6. The lowest BCUT2D eigenvalue weighted by molar-refractivity contribution is -0.145. The van der Waals surface area contributed by atoms with Crippen LogP contribution >= 0.6 is 11.6 Å². The van der Waals surface area contributed by atoms with Gasteiger partial charge in [0.2, 0.25) is 0 Å². The fourth-order valence-corrected chi connectivity index (χ4v) is 3.02. The van der Waals surface area contributed by atoms with E-state index in [1.807, 2.05) is 11.8 Å². The summed E-state index contributed by atoms with van der Waals surface area (Å²) in [6, 6.07) is 3.09. The van der Waals surface area contributed by atoms with Gasteiger partial charge in [0.05, 0.1) is 36.5 Å². The van der Waals surface area contributed by atoms with Crippen LogP contribution in [-0.4, -0.2) is 56.2 Å². The number of halogens is 1. The number of benzene rings is 1. The van der Waals surface area contributed by atoms with Gasteiger partial charge in [-0.2, -0.15) is 0 Å². The SMILES string of the molecule is CCCOC(=O)CN1CCC(NC(=O)c2cc(Cl)c(N)cc2OC)CC1. The predicted molar refractivity (Wildman–Crippen MR) is 101 cm³/mol. The van der Waals surface area contributed by atoms with E-state index in [4.69, 9.17) is 26.8 Å². The van der Waals surface area contributed by atoms with Crippen molar-refractivity contribution in [2.45, 2.75) is 32.2 Å². The standard InChI is InChI=1S/C18H26ClN3O4/c1-3-8-26-17(23)11-22-6-4-12(5-7-22)21-18(24)13-9-14(19)15(20)10-16(13)25-2/h9-10,12H,3-8,11,20H2,1-2H3,(H,21,24). The van der Waals surface area contributed by atoms with Crippen LogP contribution in [0.1, 0.15) is 36.5 Å². The van der Waals surface area contributed by atoms with Gasteiger partial charge in [-0.3, -0.25) is 14.5 Å². The monoisotopic (exact) mass is 383 g/mol. The topological polar surface area (TPSA) is 93.9 Å². The smallest absolute Gasteiger partial charge is 0.320 e. The highest BCUT2D eigenvalue weighted by Crippen LogP contribution is 2.29. The van der Waals surface area contributed by atoms with E-state index >= 15 is 0 Å². The molecule has 0 atom stereocenters. The number of nitrogens with two attached hydrogens (primary N) is 1. The van der Waals surface area contributed by atoms with E-state index in [1.165, 1.54) is 13.2 Å². The van der Waals surface area contributed by atoms with E-state index in [0.717, 1.165) is 32.4 Å². The fourth-order valence-electron chi connectivity index (χ4n) is 2.86. The van der Waals surface area contributed by atoms with Gasteiger partial charge in [0.25, 0.3) is 5.91 Å². The number of ether oxygens (including phenoxy) is 2. The van der Waals surface area contributed by atoms with Crippen LogP contribution in [-0.2, 0) is 9.53 Å². The summed E-state index contributed by atoms with van der Waals surface area (Å²) in [5, 5.41) is 3.32. The van der Waals surface area contributed by atoms with Crippen molar-refractivity contribution in [3.05, 3.63) is 22.7 Å². The highest BCUT2D eigenvalue weighted by molar-refractivity contribution is 6.33. The Balaban J connectivity index is 1.87. The Morgan fingerprint density at radius 3 is 2.65 bits per heavy atom. The molecule has 1 aliphatic rings. The van der Waals surface area contributed by atoms with Crippen LogP contribution in [0.25, 0.3) is 0 Å². The molecule has 0 aliphatic carbocycles. The summed E-state index contributed by atoms with van der Waals surface area (Å²) in [5.74, 6) is -0.0550. The van der Waals surface area contributed by atoms with Crippen molar-refractivity contribution >= 4 is 29.2 Å². The molecule has 7 nitrogen and oxygen atoms in total. The first-order chi connectivity index (χ1) is 12.4. The predicted octanol–water partition coefficient (Wildman–Crippen LogP) is 2.08. The van der Waals surface area contributed by atoms with E-state index in [2.05, 4.69) is 5.32 Å². The molecule has 2 rings (SSSR count). The van der Waals surface area contributed by atoms with Crippen molar-refractivity contribution < 1.29 is 19.1 Å². The second-order valence-electron chi connectivity index (χ2n) is 6.32. The first kappa shape index (κ1) is 20.3. The minimum atomic E-state index is -0.246. The van der Waals surface area contributed by atoms with Crippen LogP contribution in [0.3, 0.4) is 0 Å². The molecular weight excluding hydrogens is 358 g/mol. The number of nitrogen functional groups attached to an aromatic ring is 1. The summed E-state index contributed by atoms with van der Waals surface area (Å²) in [5.41, 5.74) is 6.47. The van der Waals surface area contributed by atoms with Gasteiger partial charge in [-0.25, -0.2) is 0 Å². The molecule has 1 saturated heterocycles. The maximum absolute atomic E-state index is 12.6. The third kappa shape index (κ3) is 5.51. The summed E-state index contributed by atoms with van der Waals surface area (Å²) >= 11 is 6.02. The summed E-state index contributed by atoms with van der Waals surface area (Å²) in [6.07, 6.45) is 2.34. The van der Waals surface area contributed by atoms with E-state index in [9.17, 15) is 9.59 Å². The number of nitrogens with one attached hydrogen (secondary N) is 1. The quantitative estimate of drug-likeness (QED) is 0.553. The van der Waals surface area contributed by atoms with Gasteiger partial charge in [0.1, 0.15) is 5.75 Å². The average Bonchev–Trinajstić information content (AvgIpc) is 2.63. The van der Waals surface area contributed by atoms with Crippen LogP contribution in [0.2, 0.25) is 5.02 Å². The number of carbonyl (C=O) groups excluding carboxylic acids is 2. The molecule has 1 aliphatic heterocycles. The molecule has 1 aromatic rings. The molecular formula is C18H26ClN3O4. The molecule has 0 spiro atoms. The van der Waals surface area contributed by atoms with Crippen molar-refractivity contribution in [2.24, 2.45) is 0 Å². The highest BCUT2D eigenvalue weighted by Gasteiger charge is 2.24. The van der Waals surface area contributed by atoms with E-state index in [0.29, 0.717) is 35.2 Å². The van der Waals surface area contributed by atoms with Crippen molar-refractivity contribution in [1.82, 2.24) is 10.2 Å². The summed E-state index contributed by atoms with van der Waals surface area (Å²) < 4.78 is 10.3. The second kappa shape index (κ2) is 9.64. The number of carbonyl (C=O) groups is 2. The van der Waals surface area contributed by atoms with Gasteiger partial charge in [-0.15, -0.1) is 0 Å². The van der Waals surface area contributed by atoms with Crippen LogP contribution in [0.5, 0.6) is 5.75 Å². The third-order valence-electron chi connectivity index (χ3n) is 4.31. The molecule has 1 heterocycles. The Labute approximate surface area is 158 Å². The van der Waals surface area contributed by atoms with E-state index < -0.39 is 0 Å². The lowest BCUT2D eigenvalue weighted by atomic mass is 10.0. The number of nitrogens with zero attached hydrogens (tertiary/aromatic N) is 1. The lowest BCUT2D eigenvalue weighted by Gasteiger charge is -2.31. The normalized spacial score (nSPS) is 15.5. The van der Waals surface area contributed by atoms with E-state index in [1.54, 1.807) is 6.07 Å². The maximum Gasteiger partial charge on any atom is 0.320 e. The largest absolute Gasteiger partial charge is 0.496 e. The Morgan fingerprint density at radius 2 is 2.04 bits per heavy atom. The van der Waals surface area contributed by atoms with Crippen LogP contribution in [0.15, 0.2) is 12.1 Å². The molecule has 0 saturated carbocycles. The summed E-state index contributed by atoms with van der Waals surface area (Å²) in [7, 11) is 1.48. The van der Waals surface area contributed by atoms with Gasteiger partial charge in [0, 0.05) is 25.2 Å². The van der Waals surface area contributed by atoms with Gasteiger partial charge < -0.3 is 20.5 Å². The number of piperidine rings is 1. The zero-order valence-corrected chi connectivity index (χ0v) is 16.0. The Morgan fingerprint density at radius 1 is 1.35 bits per heavy atom. The molecule has 1 fully saturated rings. The highest BCUT2D eigenvalue weighted by atomic mass is 35.5. The summed E-state index contributed by atoms with van der Waals surface area (Å²) in [6.45, 7) is 4.17. The molecule has 8 heteroatoms. The Hall–Kier alpha value is -1.99. The maximum atomic E-state index is 12.6. The third-order valence-corrected chi connectivity index (χ3v) is 4.63. The van der Waals surface area contributed by atoms with Crippen molar-refractivity contribution in [1.29, 1.82) is 0 Å². The molecule has 0 radical (unpaired) electrons. The second-order valence-corrected chi connectivity index (χ2v) is 6.73. The lowest BCUT2D eigenvalue weighted by Crippen LogP contribution is -2.46. The molecule has 1 aromatic carbocycles. The first-order valence-corrected chi connectivity index (χ1v) is 9.14. The fraction of sp³-hybridized carbons (Fsp3) is 0.556. The van der Waals surface area contributed by atoms with E-state index in [-0.39, 0.29) is 17.9 Å². The van der Waals surface area contributed by atoms with Crippen molar-refractivity contribution in [3.63, 3.8) is 0 Å². The van der Waals surface area contributed by atoms with Gasteiger partial charge in [-0.05, 0) is 25.3 Å². The minimum absolute atomic E-state index is 0.0337. The number of esters is 1. The van der Waals surface area contributed by atoms with Crippen LogP contribution in [0, 0.1) is 0 Å². The number of amides is 1. The van der Waals surface area contributed by atoms with Crippen LogP contribution < -0.4 is 15.8 Å². The van der Waals surface area contributed by atoms with Crippen LogP contribution in [0.4, 0.5) is 5.69 Å². The molecule has 144 valence electrons. The zero-order valence-electron chi connectivity index (χ0n) is 15.2. The Bertz CT molecular complexity index is 646. The minimum Gasteiger partial charge on any atom is -0.496 e. The van der Waals surface area contributed by atoms with Gasteiger partial charge in [0.15, 0.2) is 0 Å². The molecule has 0 aromatic heterocycles. The Kier molecular flexibility index (Phi) is 7.53. The number of rotatable bonds is 7. The first-order valence-electron chi connectivity index (χ1n) is 8.76. The molecule has 0 unspecified atom stereocenters. The van der Waals surface area contributed by atoms with Gasteiger partial charge >= 0.3 is 5.97 Å². The summed E-state index contributed by atoms with van der Waals surface area (Å²) in [4.78, 5) is 26.3. The number of methoxy groups -OCH3 is 1. The van der Waals surface area contributed by atoms with Gasteiger partial charge in [-0.1, -0.05) is 18.5 Å². The van der Waals surface area contributed by atoms with Crippen molar-refractivity contribution in [2.75, 3.05) is 39.1 Å². The molecule has 3 N–H and O–H groups in total. The zero-order chi connectivity index (χ0) is 19.1. The molecule has 26 heavy (non-hydrogen) atoms. The molecule has 1 amide bonds. The average molecular weight is 384 g/mol. The molecule has 0 bridgehead atoms.